The molecule has 0 aromatic carbocycles. The molecule has 2 rings (SSSR count). The van der Waals surface area contributed by atoms with Crippen molar-refractivity contribution in [2.24, 2.45) is 0 Å². The first-order valence-corrected chi connectivity index (χ1v) is 7.18. The van der Waals surface area contributed by atoms with Crippen LogP contribution in [0.4, 0.5) is 0 Å². The minimum absolute atomic E-state index is 0.0352. The molecule has 0 spiro atoms. The molecule has 0 bridgehead atoms. The van der Waals surface area contributed by atoms with Crippen LogP contribution in [-0.2, 0) is 11.3 Å². The smallest absolute Gasteiger partial charge is 0.252 e. The molecule has 0 unspecified atom stereocenters. The average Bonchev–Trinajstić information content (AvgIpc) is 3.11. The van der Waals surface area contributed by atoms with Crippen LogP contribution in [0.1, 0.15) is 22.5 Å². The molecule has 2 aromatic heterocycles. The van der Waals surface area contributed by atoms with Gasteiger partial charge in [-0.3, -0.25) is 9.59 Å². The lowest BCUT2D eigenvalue weighted by molar-refractivity contribution is -0.130. The predicted molar refractivity (Wildman–Crippen MR) is 76.5 cm³/mol. The third-order valence-electron chi connectivity index (χ3n) is 2.81. The second kappa shape index (κ2) is 6.91. The first kappa shape index (κ1) is 14.3. The Kier molecular flexibility index (Phi) is 4.95. The Morgan fingerprint density at radius 1 is 1.40 bits per heavy atom. The van der Waals surface area contributed by atoms with Crippen LogP contribution in [0.3, 0.4) is 0 Å². The molecule has 1 N–H and O–H groups in total. The van der Waals surface area contributed by atoms with E-state index in [0.717, 1.165) is 5.76 Å². The summed E-state index contributed by atoms with van der Waals surface area (Å²) in [6.07, 6.45) is 1.85. The van der Waals surface area contributed by atoms with E-state index >= 15 is 0 Å². The number of thiophene rings is 1. The average molecular weight is 292 g/mol. The highest BCUT2D eigenvalue weighted by atomic mass is 32.1. The van der Waals surface area contributed by atoms with Gasteiger partial charge in [-0.1, -0.05) is 0 Å². The van der Waals surface area contributed by atoms with E-state index in [2.05, 4.69) is 5.32 Å². The molecule has 20 heavy (non-hydrogen) atoms. The van der Waals surface area contributed by atoms with Gasteiger partial charge in [0.15, 0.2) is 0 Å². The number of rotatable bonds is 6. The normalized spacial score (nSPS) is 10.2. The van der Waals surface area contributed by atoms with Crippen LogP contribution < -0.4 is 5.32 Å². The lowest BCUT2D eigenvalue weighted by Crippen LogP contribution is -2.31. The zero-order valence-corrected chi connectivity index (χ0v) is 12.0. The molecule has 0 saturated heterocycles. The van der Waals surface area contributed by atoms with Gasteiger partial charge in [0.25, 0.3) is 5.91 Å². The lowest BCUT2D eigenvalue weighted by atomic mass is 10.3. The van der Waals surface area contributed by atoms with Crippen molar-refractivity contribution < 1.29 is 14.0 Å². The van der Waals surface area contributed by atoms with Crippen LogP contribution in [0, 0.1) is 0 Å². The maximum atomic E-state index is 11.9. The molecular weight excluding hydrogens is 276 g/mol. The maximum Gasteiger partial charge on any atom is 0.252 e. The summed E-state index contributed by atoms with van der Waals surface area (Å²) in [6, 6.07) is 5.36. The summed E-state index contributed by atoms with van der Waals surface area (Å²) in [6.45, 7) is 0.764. The fourth-order valence-electron chi connectivity index (χ4n) is 1.69. The van der Waals surface area contributed by atoms with Gasteiger partial charge in [0.2, 0.25) is 5.91 Å². The molecule has 2 heterocycles. The maximum absolute atomic E-state index is 11.9. The fourth-order valence-corrected chi connectivity index (χ4v) is 2.33. The topological polar surface area (TPSA) is 62.6 Å². The van der Waals surface area contributed by atoms with Gasteiger partial charge < -0.3 is 14.6 Å². The zero-order chi connectivity index (χ0) is 14.4. The predicted octanol–water partition coefficient (Wildman–Crippen LogP) is 2.12. The minimum atomic E-state index is -0.146. The van der Waals surface area contributed by atoms with Crippen molar-refractivity contribution in [2.75, 3.05) is 13.6 Å². The van der Waals surface area contributed by atoms with Gasteiger partial charge in [0, 0.05) is 31.0 Å². The first-order valence-electron chi connectivity index (χ1n) is 6.23. The molecule has 106 valence electrons. The van der Waals surface area contributed by atoms with Crippen LogP contribution >= 0.6 is 11.3 Å². The van der Waals surface area contributed by atoms with Gasteiger partial charge in [-0.2, -0.15) is 11.3 Å². The second-order valence-corrected chi connectivity index (χ2v) is 5.13. The number of amides is 2. The quantitative estimate of drug-likeness (QED) is 0.887. The molecule has 0 aliphatic heterocycles. The molecule has 2 amide bonds. The van der Waals surface area contributed by atoms with Crippen molar-refractivity contribution in [2.45, 2.75) is 13.0 Å². The Hall–Kier alpha value is -2.08. The van der Waals surface area contributed by atoms with Gasteiger partial charge in [0.1, 0.15) is 5.76 Å². The number of hydrogen-bond acceptors (Lipinski definition) is 4. The van der Waals surface area contributed by atoms with Crippen LogP contribution in [0.2, 0.25) is 0 Å². The van der Waals surface area contributed by atoms with Crippen molar-refractivity contribution in [1.82, 2.24) is 10.2 Å². The third kappa shape index (κ3) is 3.96. The molecule has 0 saturated carbocycles. The number of nitrogens with zero attached hydrogens (tertiary/aromatic N) is 1. The second-order valence-electron chi connectivity index (χ2n) is 4.35. The summed E-state index contributed by atoms with van der Waals surface area (Å²) in [7, 11) is 1.71. The standard InChI is InChI=1S/C14H16N2O3S/c1-16(9-12-3-2-7-19-12)13(17)4-6-15-14(18)11-5-8-20-10-11/h2-3,5,7-8,10H,4,6,9H2,1H3,(H,15,18). The number of furan rings is 1. The molecular formula is C14H16N2O3S. The third-order valence-corrected chi connectivity index (χ3v) is 3.49. The monoisotopic (exact) mass is 292 g/mol. The molecule has 2 aromatic rings. The molecule has 0 fully saturated rings. The largest absolute Gasteiger partial charge is 0.467 e. The summed E-state index contributed by atoms with van der Waals surface area (Å²) < 4.78 is 5.18. The van der Waals surface area contributed by atoms with Crippen molar-refractivity contribution >= 4 is 23.2 Å². The summed E-state index contributed by atoms with van der Waals surface area (Å²) >= 11 is 1.47. The Morgan fingerprint density at radius 2 is 2.25 bits per heavy atom. The van der Waals surface area contributed by atoms with E-state index < -0.39 is 0 Å². The minimum Gasteiger partial charge on any atom is -0.467 e. The number of carbonyl (C=O) groups excluding carboxylic acids is 2. The Morgan fingerprint density at radius 3 is 2.90 bits per heavy atom. The summed E-state index contributed by atoms with van der Waals surface area (Å²) in [5, 5.41) is 6.35. The number of hydrogen-bond donors (Lipinski definition) is 1. The number of carbonyl (C=O) groups is 2. The zero-order valence-electron chi connectivity index (χ0n) is 11.2. The van der Waals surface area contributed by atoms with Crippen LogP contribution in [0.5, 0.6) is 0 Å². The van der Waals surface area contributed by atoms with Crippen LogP contribution in [0.15, 0.2) is 39.6 Å². The van der Waals surface area contributed by atoms with Gasteiger partial charge >= 0.3 is 0 Å². The van der Waals surface area contributed by atoms with Crippen molar-refractivity contribution in [3.8, 4) is 0 Å². The Balaban J connectivity index is 1.71. The van der Waals surface area contributed by atoms with E-state index in [1.807, 2.05) is 11.4 Å². The van der Waals surface area contributed by atoms with Crippen molar-refractivity contribution in [3.63, 3.8) is 0 Å². The Labute approximate surface area is 121 Å². The fraction of sp³-hybridized carbons (Fsp3) is 0.286. The Bertz CT molecular complexity index is 549. The van der Waals surface area contributed by atoms with Crippen molar-refractivity contribution in [3.05, 3.63) is 46.5 Å². The van der Waals surface area contributed by atoms with Crippen LogP contribution in [-0.4, -0.2) is 30.3 Å². The summed E-state index contributed by atoms with van der Waals surface area (Å²) in [5.41, 5.74) is 0.631. The highest BCUT2D eigenvalue weighted by Crippen LogP contribution is 2.06. The van der Waals surface area contributed by atoms with E-state index in [1.165, 1.54) is 11.3 Å². The molecule has 0 radical (unpaired) electrons. The van der Waals surface area contributed by atoms with Crippen molar-refractivity contribution in [1.29, 1.82) is 0 Å². The summed E-state index contributed by atoms with van der Waals surface area (Å²) in [5.74, 6) is 0.558. The van der Waals surface area contributed by atoms with E-state index in [4.69, 9.17) is 4.42 Å². The highest BCUT2D eigenvalue weighted by Gasteiger charge is 2.11. The van der Waals surface area contributed by atoms with Gasteiger partial charge in [-0.05, 0) is 23.6 Å². The van der Waals surface area contributed by atoms with E-state index in [1.54, 1.807) is 35.7 Å². The molecule has 6 heteroatoms. The van der Waals surface area contributed by atoms with Gasteiger partial charge in [0.05, 0.1) is 12.8 Å². The lowest BCUT2D eigenvalue weighted by Gasteiger charge is -2.15. The highest BCUT2D eigenvalue weighted by molar-refractivity contribution is 7.08. The molecule has 5 nitrogen and oxygen atoms in total. The van der Waals surface area contributed by atoms with E-state index in [9.17, 15) is 9.59 Å². The van der Waals surface area contributed by atoms with Gasteiger partial charge in [-0.15, -0.1) is 0 Å². The van der Waals surface area contributed by atoms with E-state index in [0.29, 0.717) is 18.7 Å². The molecule has 0 aliphatic rings. The number of nitrogens with one attached hydrogen (secondary N) is 1. The molecule has 0 aliphatic carbocycles. The van der Waals surface area contributed by atoms with Gasteiger partial charge in [-0.25, -0.2) is 0 Å². The first-order chi connectivity index (χ1) is 9.66. The summed E-state index contributed by atoms with van der Waals surface area (Å²) in [4.78, 5) is 25.1. The van der Waals surface area contributed by atoms with Crippen LogP contribution in [0.25, 0.3) is 0 Å². The van der Waals surface area contributed by atoms with E-state index in [-0.39, 0.29) is 18.2 Å². The molecule has 0 atom stereocenters. The SMILES string of the molecule is CN(Cc1ccco1)C(=O)CCNC(=O)c1ccsc1.